The van der Waals surface area contributed by atoms with E-state index in [-0.39, 0.29) is 0 Å². The Morgan fingerprint density at radius 2 is 1.88 bits per heavy atom. The van der Waals surface area contributed by atoms with E-state index in [1.165, 1.54) is 6.08 Å². The van der Waals surface area contributed by atoms with Gasteiger partial charge in [-0.05, 0) is 6.08 Å². The second-order valence-electron chi connectivity index (χ2n) is 2.65. The average molecular weight is 236 g/mol. The number of nitrogens with two attached hydrogens (primary N) is 1. The molecule has 1 aliphatic rings. The molecule has 0 saturated carbocycles. The van der Waals surface area contributed by atoms with Crippen LogP contribution in [0, 0.1) is 0 Å². The molecule has 0 radical (unpaired) electrons. The second-order valence-corrected chi connectivity index (χ2v) is 2.65. The number of carbonyl (C=O) groups is 1. The Kier molecular flexibility index (Phi) is 5.17. The van der Waals surface area contributed by atoms with Crippen LogP contribution in [0.25, 0.3) is 5.53 Å². The van der Waals surface area contributed by atoms with Crippen LogP contribution in [0.4, 0.5) is 17.3 Å². The topological polar surface area (TPSA) is 79.5 Å². The minimum atomic E-state index is -6.00. The van der Waals surface area contributed by atoms with Crippen LogP contribution in [0.2, 0.25) is 0 Å². The predicted molar refractivity (Wildman–Crippen MR) is 49.8 cm³/mol. The maximum absolute atomic E-state index is 10.5. The third kappa shape index (κ3) is 7.51. The number of carbonyl (C=O) groups excluding carboxylic acids is 1. The molecule has 4 nitrogen and oxygen atoms in total. The third-order valence-electron chi connectivity index (χ3n) is 1.40. The zero-order valence-electron chi connectivity index (χ0n) is 7.91. The van der Waals surface area contributed by atoms with E-state index in [1.807, 2.05) is 0 Å². The molecule has 0 unspecified atom stereocenters. The molecule has 1 amide bonds. The maximum atomic E-state index is 10.5. The standard InChI is InChI=1S/C7H7N3O.BF4/c8-7(11)5-1-3-6(10-9)4-2-5;2-1(3,4)5/h1-3H,4H2,(H2,8,11);/q;-1. The van der Waals surface area contributed by atoms with E-state index in [0.717, 1.165) is 0 Å². The Morgan fingerprint density at radius 1 is 1.38 bits per heavy atom. The molecule has 16 heavy (non-hydrogen) atoms. The number of hydrogen-bond donors (Lipinski definition) is 1. The van der Waals surface area contributed by atoms with Crippen LogP contribution in [-0.2, 0) is 4.79 Å². The van der Waals surface area contributed by atoms with E-state index in [4.69, 9.17) is 11.3 Å². The second kappa shape index (κ2) is 5.87. The summed E-state index contributed by atoms with van der Waals surface area (Å²) < 4.78 is 39.0. The Bertz CT molecular complexity index is 376. The summed E-state index contributed by atoms with van der Waals surface area (Å²) in [6.07, 6.45) is 5.16. The van der Waals surface area contributed by atoms with Crippen molar-refractivity contribution >= 4 is 18.9 Å². The van der Waals surface area contributed by atoms with Crippen LogP contribution in [0.15, 0.2) is 23.8 Å². The number of amides is 1. The van der Waals surface area contributed by atoms with Gasteiger partial charge in [-0.2, -0.15) is 4.79 Å². The first kappa shape index (κ1) is 14.1. The zero-order chi connectivity index (χ0) is 12.8. The zero-order valence-corrected chi connectivity index (χ0v) is 7.91. The van der Waals surface area contributed by atoms with Crippen molar-refractivity contribution in [2.75, 3.05) is 0 Å². The van der Waals surface area contributed by atoms with Gasteiger partial charge in [0, 0.05) is 11.6 Å². The highest BCUT2D eigenvalue weighted by Gasteiger charge is 2.20. The first-order chi connectivity index (χ1) is 7.24. The van der Waals surface area contributed by atoms with E-state index >= 15 is 0 Å². The summed E-state index contributed by atoms with van der Waals surface area (Å²) in [5.74, 6) is -0.460. The fraction of sp³-hybridized carbons (Fsp3) is 0.143. The molecule has 2 N–H and O–H groups in total. The van der Waals surface area contributed by atoms with Crippen molar-refractivity contribution < 1.29 is 26.8 Å². The maximum Gasteiger partial charge on any atom is 0.673 e. The van der Waals surface area contributed by atoms with Crippen LogP contribution in [0.3, 0.4) is 0 Å². The van der Waals surface area contributed by atoms with Crippen molar-refractivity contribution in [3.63, 3.8) is 0 Å². The summed E-state index contributed by atoms with van der Waals surface area (Å²) in [5.41, 5.74) is 14.3. The molecule has 0 fully saturated rings. The molecule has 9 heteroatoms. The fourth-order valence-corrected chi connectivity index (χ4v) is 0.793. The van der Waals surface area contributed by atoms with E-state index in [0.29, 0.717) is 17.7 Å². The number of primary amides is 1. The smallest absolute Gasteiger partial charge is 0.418 e. The Labute approximate surface area is 88.2 Å². The quantitative estimate of drug-likeness (QED) is 0.317. The van der Waals surface area contributed by atoms with Crippen molar-refractivity contribution in [2.24, 2.45) is 5.73 Å². The summed E-state index contributed by atoms with van der Waals surface area (Å²) >= 11 is 0. The molecule has 0 aromatic carbocycles. The van der Waals surface area contributed by atoms with Gasteiger partial charge in [0.15, 0.2) is 0 Å². The van der Waals surface area contributed by atoms with Crippen LogP contribution in [0.5, 0.6) is 0 Å². The molecule has 88 valence electrons. The summed E-state index contributed by atoms with van der Waals surface area (Å²) in [4.78, 5) is 13.5. The van der Waals surface area contributed by atoms with Gasteiger partial charge in [-0.25, -0.2) is 0 Å². The van der Waals surface area contributed by atoms with Crippen LogP contribution in [0.1, 0.15) is 6.42 Å². The van der Waals surface area contributed by atoms with Crippen molar-refractivity contribution in [3.8, 4) is 0 Å². The molecule has 0 bridgehead atoms. The van der Waals surface area contributed by atoms with Gasteiger partial charge in [-0.1, -0.05) is 6.08 Å². The highest BCUT2D eigenvalue weighted by Crippen LogP contribution is 2.06. The molecular weight excluding hydrogens is 229 g/mol. The highest BCUT2D eigenvalue weighted by atomic mass is 19.5. The highest BCUT2D eigenvalue weighted by molar-refractivity contribution is 6.50. The Balaban J connectivity index is 0.000000385. The molecule has 1 aliphatic carbocycles. The molecule has 1 rings (SSSR count). The predicted octanol–water partition coefficient (Wildman–Crippen LogP) is 1.33. The first-order valence-corrected chi connectivity index (χ1v) is 4.00. The van der Waals surface area contributed by atoms with Gasteiger partial charge in [0.25, 0.3) is 5.71 Å². The van der Waals surface area contributed by atoms with Crippen molar-refractivity contribution in [1.29, 1.82) is 0 Å². The van der Waals surface area contributed by atoms with E-state index in [9.17, 15) is 22.1 Å². The van der Waals surface area contributed by atoms with Gasteiger partial charge >= 0.3 is 7.25 Å². The van der Waals surface area contributed by atoms with E-state index in [1.54, 1.807) is 12.2 Å². The van der Waals surface area contributed by atoms with Crippen molar-refractivity contribution in [1.82, 2.24) is 0 Å². The average Bonchev–Trinajstić information content (AvgIpc) is 2.15. The lowest BCUT2D eigenvalue weighted by molar-refractivity contribution is -0.114. The molecule has 0 aromatic heterocycles. The lowest BCUT2D eigenvalue weighted by Gasteiger charge is -1.97. The largest absolute Gasteiger partial charge is 0.673 e. The van der Waals surface area contributed by atoms with Gasteiger partial charge < -0.3 is 28.5 Å². The van der Waals surface area contributed by atoms with E-state index < -0.39 is 13.2 Å². The number of rotatable bonds is 1. The van der Waals surface area contributed by atoms with Crippen molar-refractivity contribution in [2.45, 2.75) is 6.42 Å². The van der Waals surface area contributed by atoms with Crippen LogP contribution >= 0.6 is 0 Å². The normalized spacial score (nSPS) is 14.5. The van der Waals surface area contributed by atoms with Crippen LogP contribution < -0.4 is 5.73 Å². The van der Waals surface area contributed by atoms with Gasteiger partial charge in [-0.15, -0.1) is 0 Å². The Morgan fingerprint density at radius 3 is 2.12 bits per heavy atom. The molecular formula is C7H7BF4N3O-. The van der Waals surface area contributed by atoms with Gasteiger partial charge in [0.2, 0.25) is 5.91 Å². The lowest BCUT2D eigenvalue weighted by Crippen LogP contribution is -2.14. The number of allylic oxidation sites excluding steroid dienone is 2. The lowest BCUT2D eigenvalue weighted by atomic mass is 10.1. The number of nitrogens with zero attached hydrogens (tertiary/aromatic N) is 2. The van der Waals surface area contributed by atoms with Crippen molar-refractivity contribution in [3.05, 3.63) is 29.3 Å². The summed E-state index contributed by atoms with van der Waals surface area (Å²) in [6.45, 7) is 0. The minimum Gasteiger partial charge on any atom is -0.418 e. The molecule has 0 heterocycles. The number of hydrogen-bond acceptors (Lipinski definition) is 1. The van der Waals surface area contributed by atoms with Gasteiger partial charge in [0.1, 0.15) is 0 Å². The first-order valence-electron chi connectivity index (χ1n) is 4.00. The fourth-order valence-electron chi connectivity index (χ4n) is 0.793. The molecule has 0 saturated heterocycles. The minimum absolute atomic E-state index is 0.450. The summed E-state index contributed by atoms with van der Waals surface area (Å²) in [5, 5.41) is 0. The van der Waals surface area contributed by atoms with E-state index in [2.05, 4.69) is 4.79 Å². The molecule has 0 spiro atoms. The number of halogens is 4. The van der Waals surface area contributed by atoms with Gasteiger partial charge in [-0.3, -0.25) is 4.79 Å². The molecule has 0 aliphatic heterocycles. The SMILES string of the molecule is F[B-](F)(F)F.[N-]=[N+]=C1C=CC(C(N)=O)=CC1. The Hall–Kier alpha value is -1.89. The monoisotopic (exact) mass is 236 g/mol. The molecule has 0 aromatic rings. The van der Waals surface area contributed by atoms with Gasteiger partial charge in [0.05, 0.1) is 6.42 Å². The molecule has 0 atom stereocenters. The summed E-state index contributed by atoms with van der Waals surface area (Å²) in [7, 11) is -6.00. The summed E-state index contributed by atoms with van der Waals surface area (Å²) in [6, 6.07) is 0. The third-order valence-corrected chi connectivity index (χ3v) is 1.40. The van der Waals surface area contributed by atoms with Crippen LogP contribution in [-0.4, -0.2) is 23.7 Å².